The van der Waals surface area contributed by atoms with Gasteiger partial charge in [-0.2, -0.15) is 0 Å². The van der Waals surface area contributed by atoms with Crippen molar-refractivity contribution >= 4 is 0 Å². The van der Waals surface area contributed by atoms with Gasteiger partial charge in [0.15, 0.2) is 0 Å². The van der Waals surface area contributed by atoms with Gasteiger partial charge < -0.3 is 10.2 Å². The molecule has 1 aliphatic heterocycles. The molecule has 0 aromatic heterocycles. The predicted octanol–water partition coefficient (Wildman–Crippen LogP) is 0.146. The van der Waals surface area contributed by atoms with E-state index in [1.54, 1.807) is 0 Å². The Morgan fingerprint density at radius 1 is 0.812 bits per heavy atom. The Morgan fingerprint density at radius 2 is 1.12 bits per heavy atom. The molecule has 4 heteroatoms. The van der Waals surface area contributed by atoms with E-state index in [1.807, 2.05) is 0 Å². The molecule has 1 rings (SSSR count). The lowest BCUT2D eigenvalue weighted by Crippen LogP contribution is -2.54. The molecule has 0 aromatic carbocycles. The summed E-state index contributed by atoms with van der Waals surface area (Å²) in [6.07, 6.45) is 2.02. The zero-order valence-electron chi connectivity index (χ0n) is 10.6. The van der Waals surface area contributed by atoms with E-state index in [0.717, 1.165) is 39.0 Å². The fourth-order valence-electron chi connectivity index (χ4n) is 2.47. The normalized spacial score (nSPS) is 23.2. The van der Waals surface area contributed by atoms with E-state index >= 15 is 0 Å². The molecule has 1 heterocycles. The highest BCUT2D eigenvalue weighted by atomic mass is 16.3. The van der Waals surface area contributed by atoms with Crippen molar-refractivity contribution < 1.29 is 10.2 Å². The van der Waals surface area contributed by atoms with Crippen LogP contribution in [0.15, 0.2) is 0 Å². The van der Waals surface area contributed by atoms with Crippen LogP contribution < -0.4 is 0 Å². The molecule has 2 N–H and O–H groups in total. The zero-order valence-corrected chi connectivity index (χ0v) is 10.6. The Bertz CT molecular complexity index is 154. The van der Waals surface area contributed by atoms with Crippen molar-refractivity contribution in [3.05, 3.63) is 0 Å². The summed E-state index contributed by atoms with van der Waals surface area (Å²) in [4.78, 5) is 4.72. The van der Waals surface area contributed by atoms with E-state index in [9.17, 15) is 10.2 Å². The van der Waals surface area contributed by atoms with Crippen LogP contribution in [0, 0.1) is 0 Å². The summed E-state index contributed by atoms with van der Waals surface area (Å²) >= 11 is 0. The first kappa shape index (κ1) is 13.9. The fourth-order valence-corrected chi connectivity index (χ4v) is 2.47. The van der Waals surface area contributed by atoms with E-state index in [1.165, 1.54) is 0 Å². The summed E-state index contributed by atoms with van der Waals surface area (Å²) in [5.41, 5.74) is 0. The van der Waals surface area contributed by atoms with Gasteiger partial charge in [-0.15, -0.1) is 0 Å². The topological polar surface area (TPSA) is 46.9 Å². The number of hydrogen-bond acceptors (Lipinski definition) is 4. The minimum absolute atomic E-state index is 0.258. The molecular weight excluding hydrogens is 204 g/mol. The Kier molecular flexibility index (Phi) is 6.28. The number of aliphatic hydroxyl groups excluding tert-OH is 2. The number of rotatable bonds is 6. The lowest BCUT2D eigenvalue weighted by Gasteiger charge is -2.41. The highest BCUT2D eigenvalue weighted by Gasteiger charge is 2.25. The van der Waals surface area contributed by atoms with Crippen LogP contribution in [0.5, 0.6) is 0 Å². The maximum atomic E-state index is 9.25. The first-order chi connectivity index (χ1) is 7.76. The molecule has 0 aromatic rings. The van der Waals surface area contributed by atoms with Crippen molar-refractivity contribution in [3.63, 3.8) is 0 Å². The van der Waals surface area contributed by atoms with Crippen LogP contribution in [-0.4, -0.2) is 71.5 Å². The third-order valence-electron chi connectivity index (χ3n) is 3.75. The van der Waals surface area contributed by atoms with Crippen molar-refractivity contribution in [1.29, 1.82) is 0 Å². The Balaban J connectivity index is 2.38. The molecule has 4 nitrogen and oxygen atoms in total. The van der Waals surface area contributed by atoms with Crippen LogP contribution in [0.4, 0.5) is 0 Å². The van der Waals surface area contributed by atoms with Crippen LogP contribution >= 0.6 is 0 Å². The summed E-state index contributed by atoms with van der Waals surface area (Å²) in [7, 11) is 0. The molecule has 0 saturated carbocycles. The lowest BCUT2D eigenvalue weighted by atomic mass is 10.1. The number of hydrogen-bond donors (Lipinski definition) is 2. The second-order valence-electron chi connectivity index (χ2n) is 4.56. The molecule has 0 unspecified atom stereocenters. The first-order valence-corrected chi connectivity index (χ1v) is 6.46. The van der Waals surface area contributed by atoms with Gasteiger partial charge in [-0.25, -0.2) is 0 Å². The highest BCUT2D eigenvalue weighted by molar-refractivity contribution is 4.80. The second-order valence-corrected chi connectivity index (χ2v) is 4.56. The molecule has 0 bridgehead atoms. The van der Waals surface area contributed by atoms with Crippen molar-refractivity contribution in [1.82, 2.24) is 9.80 Å². The Hall–Kier alpha value is -0.160. The standard InChI is InChI=1S/C12H26N2O2/c1-3-11(9-15)13-5-7-14(8-6-13)12(4-2)10-16/h11-12,15-16H,3-10H2,1-2H3/t11-,12-/m1/s1. The molecule has 0 spiro atoms. The van der Waals surface area contributed by atoms with Gasteiger partial charge in [0.05, 0.1) is 13.2 Å². The fraction of sp³-hybridized carbons (Fsp3) is 1.00. The number of piperazine rings is 1. The van der Waals surface area contributed by atoms with Crippen molar-refractivity contribution in [2.24, 2.45) is 0 Å². The maximum Gasteiger partial charge on any atom is 0.0586 e. The molecule has 0 amide bonds. The van der Waals surface area contributed by atoms with Gasteiger partial charge in [-0.3, -0.25) is 9.80 Å². The van der Waals surface area contributed by atoms with Crippen molar-refractivity contribution in [3.8, 4) is 0 Å². The zero-order chi connectivity index (χ0) is 12.0. The second kappa shape index (κ2) is 7.22. The summed E-state index contributed by atoms with van der Waals surface area (Å²) in [6.45, 7) is 8.79. The van der Waals surface area contributed by atoms with E-state index < -0.39 is 0 Å². The van der Waals surface area contributed by atoms with E-state index in [4.69, 9.17) is 0 Å². The Morgan fingerprint density at radius 3 is 1.31 bits per heavy atom. The van der Waals surface area contributed by atoms with Gasteiger partial charge in [0.25, 0.3) is 0 Å². The predicted molar refractivity (Wildman–Crippen MR) is 65.5 cm³/mol. The average molecular weight is 230 g/mol. The van der Waals surface area contributed by atoms with Gasteiger partial charge in [0.2, 0.25) is 0 Å². The van der Waals surface area contributed by atoms with Crippen LogP contribution in [0.25, 0.3) is 0 Å². The highest BCUT2D eigenvalue weighted by Crippen LogP contribution is 2.12. The molecule has 16 heavy (non-hydrogen) atoms. The summed E-state index contributed by atoms with van der Waals surface area (Å²) in [6, 6.07) is 0.632. The smallest absolute Gasteiger partial charge is 0.0586 e. The van der Waals surface area contributed by atoms with Crippen LogP contribution in [0.2, 0.25) is 0 Å². The minimum Gasteiger partial charge on any atom is -0.395 e. The largest absolute Gasteiger partial charge is 0.395 e. The summed E-state index contributed by atoms with van der Waals surface area (Å²) in [5.74, 6) is 0. The third-order valence-corrected chi connectivity index (χ3v) is 3.75. The van der Waals surface area contributed by atoms with Crippen molar-refractivity contribution in [2.75, 3.05) is 39.4 Å². The molecular formula is C12H26N2O2. The Labute approximate surface area is 98.9 Å². The molecule has 1 aliphatic rings. The summed E-state index contributed by atoms with van der Waals surface area (Å²) in [5, 5.41) is 18.5. The van der Waals surface area contributed by atoms with E-state index in [-0.39, 0.29) is 13.2 Å². The van der Waals surface area contributed by atoms with Gasteiger partial charge >= 0.3 is 0 Å². The molecule has 96 valence electrons. The molecule has 1 saturated heterocycles. The minimum atomic E-state index is 0.258. The first-order valence-electron chi connectivity index (χ1n) is 6.46. The summed E-state index contributed by atoms with van der Waals surface area (Å²) < 4.78 is 0. The van der Waals surface area contributed by atoms with Crippen LogP contribution in [0.1, 0.15) is 26.7 Å². The number of nitrogens with zero attached hydrogens (tertiary/aromatic N) is 2. The van der Waals surface area contributed by atoms with Crippen molar-refractivity contribution in [2.45, 2.75) is 38.8 Å². The SMILES string of the molecule is CC[C@H](CO)N1CCN([C@H](CC)CO)CC1. The van der Waals surface area contributed by atoms with Gasteiger partial charge in [0.1, 0.15) is 0 Å². The quantitative estimate of drug-likeness (QED) is 0.682. The molecule has 2 atom stereocenters. The van der Waals surface area contributed by atoms with Gasteiger partial charge in [-0.05, 0) is 12.8 Å². The van der Waals surface area contributed by atoms with E-state index in [0.29, 0.717) is 12.1 Å². The number of aliphatic hydroxyl groups is 2. The van der Waals surface area contributed by atoms with Gasteiger partial charge in [-0.1, -0.05) is 13.8 Å². The van der Waals surface area contributed by atoms with E-state index in [2.05, 4.69) is 23.6 Å². The average Bonchev–Trinajstić information content (AvgIpc) is 2.34. The lowest BCUT2D eigenvalue weighted by molar-refractivity contribution is 0.0298. The third kappa shape index (κ3) is 3.42. The molecule has 1 fully saturated rings. The van der Waals surface area contributed by atoms with Crippen LogP contribution in [-0.2, 0) is 0 Å². The molecule has 0 radical (unpaired) electrons. The van der Waals surface area contributed by atoms with Gasteiger partial charge in [0, 0.05) is 38.3 Å². The van der Waals surface area contributed by atoms with Crippen LogP contribution in [0.3, 0.4) is 0 Å². The maximum absolute atomic E-state index is 9.25. The molecule has 0 aliphatic carbocycles. The monoisotopic (exact) mass is 230 g/mol.